The van der Waals surface area contributed by atoms with Gasteiger partial charge < -0.3 is 5.32 Å². The monoisotopic (exact) mass is 141 g/mol. The summed E-state index contributed by atoms with van der Waals surface area (Å²) >= 11 is 0. The summed E-state index contributed by atoms with van der Waals surface area (Å²) in [6.45, 7) is 8.24. The third kappa shape index (κ3) is 1.51. The molecule has 60 valence electrons. The van der Waals surface area contributed by atoms with E-state index in [9.17, 15) is 0 Å². The van der Waals surface area contributed by atoms with Crippen LogP contribution in [0.3, 0.4) is 0 Å². The first-order valence-corrected chi connectivity index (χ1v) is 4.49. The lowest BCUT2D eigenvalue weighted by atomic mass is 9.83. The van der Waals surface area contributed by atoms with Crippen LogP contribution in [0.5, 0.6) is 0 Å². The van der Waals surface area contributed by atoms with Crippen LogP contribution in [0, 0.1) is 11.8 Å². The Labute approximate surface area is 64.2 Å². The molecule has 1 aliphatic rings. The molecule has 3 atom stereocenters. The standard InChI is InChI=1S/C9H19N/c1-4-7(2)8(3)9-5-6-10-9/h7-10H,4-6H2,1-3H3/t7-,8+,9?/m1/s1. The van der Waals surface area contributed by atoms with Crippen LogP contribution in [0.15, 0.2) is 0 Å². The maximum absolute atomic E-state index is 3.46. The smallest absolute Gasteiger partial charge is 0.0107 e. The van der Waals surface area contributed by atoms with Gasteiger partial charge in [0, 0.05) is 6.04 Å². The van der Waals surface area contributed by atoms with E-state index in [-0.39, 0.29) is 0 Å². The van der Waals surface area contributed by atoms with Gasteiger partial charge >= 0.3 is 0 Å². The second kappa shape index (κ2) is 3.38. The molecule has 1 aliphatic heterocycles. The molecule has 0 radical (unpaired) electrons. The first kappa shape index (κ1) is 8.06. The highest BCUT2D eigenvalue weighted by molar-refractivity contribution is 4.84. The number of hydrogen-bond donors (Lipinski definition) is 1. The van der Waals surface area contributed by atoms with Gasteiger partial charge in [0.1, 0.15) is 0 Å². The van der Waals surface area contributed by atoms with Crippen molar-refractivity contribution >= 4 is 0 Å². The second-order valence-corrected chi connectivity index (χ2v) is 3.59. The normalized spacial score (nSPS) is 30.9. The summed E-state index contributed by atoms with van der Waals surface area (Å²) < 4.78 is 0. The largest absolute Gasteiger partial charge is 0.314 e. The topological polar surface area (TPSA) is 12.0 Å². The molecule has 1 unspecified atom stereocenters. The van der Waals surface area contributed by atoms with Crippen LogP contribution < -0.4 is 5.32 Å². The van der Waals surface area contributed by atoms with E-state index < -0.39 is 0 Å². The highest BCUT2D eigenvalue weighted by Gasteiger charge is 2.25. The molecule has 0 aromatic carbocycles. The molecule has 1 nitrogen and oxygen atoms in total. The summed E-state index contributed by atoms with van der Waals surface area (Å²) in [6, 6.07) is 0.829. The Kier molecular flexibility index (Phi) is 2.72. The first-order valence-electron chi connectivity index (χ1n) is 4.49. The molecule has 1 saturated heterocycles. The van der Waals surface area contributed by atoms with Gasteiger partial charge in [0.25, 0.3) is 0 Å². The second-order valence-electron chi connectivity index (χ2n) is 3.59. The van der Waals surface area contributed by atoms with Crippen molar-refractivity contribution in [2.45, 2.75) is 39.7 Å². The lowest BCUT2D eigenvalue weighted by molar-refractivity contribution is 0.212. The van der Waals surface area contributed by atoms with Gasteiger partial charge in [-0.05, 0) is 24.8 Å². The van der Waals surface area contributed by atoms with Gasteiger partial charge in [0.15, 0.2) is 0 Å². The molecule has 0 bridgehead atoms. The number of rotatable bonds is 3. The van der Waals surface area contributed by atoms with E-state index in [4.69, 9.17) is 0 Å². The zero-order chi connectivity index (χ0) is 7.56. The summed E-state index contributed by atoms with van der Waals surface area (Å²) in [6.07, 6.45) is 2.71. The third-order valence-electron chi connectivity index (χ3n) is 3.04. The molecule has 1 fully saturated rings. The van der Waals surface area contributed by atoms with Gasteiger partial charge in [0.2, 0.25) is 0 Å². The summed E-state index contributed by atoms with van der Waals surface area (Å²) in [4.78, 5) is 0. The quantitative estimate of drug-likeness (QED) is 0.634. The van der Waals surface area contributed by atoms with Gasteiger partial charge in [-0.3, -0.25) is 0 Å². The van der Waals surface area contributed by atoms with Crippen LogP contribution >= 0.6 is 0 Å². The fraction of sp³-hybridized carbons (Fsp3) is 1.00. The Bertz CT molecular complexity index is 92.1. The predicted octanol–water partition coefficient (Wildman–Crippen LogP) is 2.03. The fourth-order valence-corrected chi connectivity index (χ4v) is 1.53. The molecular formula is C9H19N. The summed E-state index contributed by atoms with van der Waals surface area (Å²) in [5.41, 5.74) is 0. The SMILES string of the molecule is CC[C@@H](C)[C@H](C)C1CCN1. The maximum atomic E-state index is 3.46. The maximum Gasteiger partial charge on any atom is 0.0107 e. The molecule has 1 heteroatoms. The number of hydrogen-bond acceptors (Lipinski definition) is 1. The predicted molar refractivity (Wildman–Crippen MR) is 45.0 cm³/mol. The van der Waals surface area contributed by atoms with E-state index in [0.717, 1.165) is 17.9 Å². The van der Waals surface area contributed by atoms with Crippen LogP contribution in [0.4, 0.5) is 0 Å². The minimum Gasteiger partial charge on any atom is -0.314 e. The summed E-state index contributed by atoms with van der Waals surface area (Å²) in [7, 11) is 0. The van der Waals surface area contributed by atoms with E-state index in [0.29, 0.717) is 0 Å². The van der Waals surface area contributed by atoms with Crippen LogP contribution in [0.25, 0.3) is 0 Å². The minimum absolute atomic E-state index is 0.829. The summed E-state index contributed by atoms with van der Waals surface area (Å²) in [5, 5.41) is 3.46. The van der Waals surface area contributed by atoms with Gasteiger partial charge in [-0.1, -0.05) is 27.2 Å². The van der Waals surface area contributed by atoms with Crippen molar-refractivity contribution in [1.82, 2.24) is 5.32 Å². The van der Waals surface area contributed by atoms with Gasteiger partial charge in [-0.2, -0.15) is 0 Å². The van der Waals surface area contributed by atoms with Crippen molar-refractivity contribution < 1.29 is 0 Å². The van der Waals surface area contributed by atoms with Crippen molar-refractivity contribution in [3.63, 3.8) is 0 Å². The molecule has 1 heterocycles. The van der Waals surface area contributed by atoms with Crippen LogP contribution in [-0.2, 0) is 0 Å². The molecule has 0 aromatic rings. The Morgan fingerprint density at radius 3 is 2.40 bits per heavy atom. The zero-order valence-electron chi connectivity index (χ0n) is 7.35. The van der Waals surface area contributed by atoms with Crippen molar-refractivity contribution in [1.29, 1.82) is 0 Å². The number of nitrogens with one attached hydrogen (secondary N) is 1. The molecule has 0 saturated carbocycles. The molecule has 1 N–H and O–H groups in total. The minimum atomic E-state index is 0.829. The highest BCUT2D eigenvalue weighted by atomic mass is 15.0. The average Bonchev–Trinajstić information content (AvgIpc) is 1.82. The highest BCUT2D eigenvalue weighted by Crippen LogP contribution is 2.23. The van der Waals surface area contributed by atoms with Gasteiger partial charge in [-0.25, -0.2) is 0 Å². The van der Waals surface area contributed by atoms with E-state index in [1.165, 1.54) is 19.4 Å². The molecule has 0 spiro atoms. The van der Waals surface area contributed by atoms with E-state index in [2.05, 4.69) is 26.1 Å². The molecule has 0 aromatic heterocycles. The molecule has 10 heavy (non-hydrogen) atoms. The van der Waals surface area contributed by atoms with E-state index in [1.807, 2.05) is 0 Å². The molecular weight excluding hydrogens is 122 g/mol. The van der Waals surface area contributed by atoms with E-state index in [1.54, 1.807) is 0 Å². The van der Waals surface area contributed by atoms with Crippen molar-refractivity contribution in [3.8, 4) is 0 Å². The van der Waals surface area contributed by atoms with E-state index >= 15 is 0 Å². The van der Waals surface area contributed by atoms with Gasteiger partial charge in [0.05, 0.1) is 0 Å². The Balaban J connectivity index is 2.24. The van der Waals surface area contributed by atoms with Crippen molar-refractivity contribution in [2.75, 3.05) is 6.54 Å². The lowest BCUT2D eigenvalue weighted by Gasteiger charge is -2.36. The molecule has 0 amide bonds. The molecule has 1 rings (SSSR count). The first-order chi connectivity index (χ1) is 4.75. The van der Waals surface area contributed by atoms with Crippen LogP contribution in [-0.4, -0.2) is 12.6 Å². The van der Waals surface area contributed by atoms with Crippen LogP contribution in [0.2, 0.25) is 0 Å². The average molecular weight is 141 g/mol. The van der Waals surface area contributed by atoms with Crippen molar-refractivity contribution in [2.24, 2.45) is 11.8 Å². The summed E-state index contributed by atoms with van der Waals surface area (Å²) in [5.74, 6) is 1.76. The van der Waals surface area contributed by atoms with Crippen molar-refractivity contribution in [3.05, 3.63) is 0 Å². The zero-order valence-corrected chi connectivity index (χ0v) is 7.35. The van der Waals surface area contributed by atoms with Gasteiger partial charge in [-0.15, -0.1) is 0 Å². The van der Waals surface area contributed by atoms with Crippen LogP contribution in [0.1, 0.15) is 33.6 Å². The Hall–Kier alpha value is -0.0400. The molecule has 0 aliphatic carbocycles. The fourth-order valence-electron chi connectivity index (χ4n) is 1.53. The Morgan fingerprint density at radius 1 is 1.50 bits per heavy atom. The Morgan fingerprint density at radius 2 is 2.10 bits per heavy atom. The third-order valence-corrected chi connectivity index (χ3v) is 3.04. The lowest BCUT2D eigenvalue weighted by Crippen LogP contribution is -2.48.